The highest BCUT2D eigenvalue weighted by atomic mass is 16.3. The van der Waals surface area contributed by atoms with Crippen molar-refractivity contribution < 1.29 is 39.0 Å². The number of aromatic hydroxyl groups is 1. The first-order valence-electron chi connectivity index (χ1n) is 15.5. The standard InChI is InChI=1S/C32H41N7O8/c1-17(2)12-22-29(44)38-23(16-40)32(47)39-15-20(35-31(46)27-25(41)10-7-11-33-27)13-24(39)30(45)34-18(3)28(43)37-21(14-26(42)36-22)19-8-5-4-6-9-19/h4-11,17-18,20-24,40-41H,12-16H2,1-3H3,(H,34,45)(H,35,46)(H,36,42)(H,37,43)(H,38,44)/t18-,20-,21-,22-,23-,24-/m0/s1. The van der Waals surface area contributed by atoms with E-state index in [1.54, 1.807) is 30.3 Å². The van der Waals surface area contributed by atoms with Crippen LogP contribution in [0.5, 0.6) is 5.75 Å². The van der Waals surface area contributed by atoms with Crippen molar-refractivity contribution in [3.8, 4) is 5.75 Å². The van der Waals surface area contributed by atoms with Gasteiger partial charge in [0.1, 0.15) is 29.9 Å². The summed E-state index contributed by atoms with van der Waals surface area (Å²) in [7, 11) is 0. The Morgan fingerprint density at radius 2 is 1.68 bits per heavy atom. The molecule has 4 rings (SSSR count). The summed E-state index contributed by atoms with van der Waals surface area (Å²) in [6.45, 7) is 4.16. The number of aliphatic hydroxyl groups excluding tert-OH is 1. The minimum atomic E-state index is -1.48. The molecule has 1 aromatic carbocycles. The summed E-state index contributed by atoms with van der Waals surface area (Å²) in [5.41, 5.74) is 0.381. The van der Waals surface area contributed by atoms with Crippen LogP contribution >= 0.6 is 0 Å². The summed E-state index contributed by atoms with van der Waals surface area (Å²) in [5, 5.41) is 33.6. The monoisotopic (exact) mass is 651 g/mol. The van der Waals surface area contributed by atoms with E-state index >= 15 is 0 Å². The highest BCUT2D eigenvalue weighted by Gasteiger charge is 2.44. The van der Waals surface area contributed by atoms with Gasteiger partial charge in [-0.3, -0.25) is 28.8 Å². The van der Waals surface area contributed by atoms with Crippen LogP contribution in [-0.2, 0) is 24.0 Å². The third-order valence-electron chi connectivity index (χ3n) is 8.04. The number of hydrogen-bond donors (Lipinski definition) is 7. The highest BCUT2D eigenvalue weighted by molar-refractivity contribution is 5.97. The van der Waals surface area contributed by atoms with Crippen LogP contribution in [0.25, 0.3) is 0 Å². The Morgan fingerprint density at radius 3 is 2.34 bits per heavy atom. The topological polar surface area (TPSA) is 219 Å². The summed E-state index contributed by atoms with van der Waals surface area (Å²) >= 11 is 0. The van der Waals surface area contributed by atoms with E-state index in [4.69, 9.17) is 0 Å². The molecule has 0 aliphatic carbocycles. The molecule has 252 valence electrons. The molecule has 6 atom stereocenters. The second-order valence-corrected chi connectivity index (χ2v) is 12.2. The van der Waals surface area contributed by atoms with Crippen molar-refractivity contribution in [2.75, 3.05) is 13.2 Å². The van der Waals surface area contributed by atoms with Crippen LogP contribution in [0.2, 0.25) is 0 Å². The molecule has 1 aromatic heterocycles. The van der Waals surface area contributed by atoms with Gasteiger partial charge in [-0.25, -0.2) is 4.98 Å². The number of fused-ring (bicyclic) bond motifs is 1. The van der Waals surface area contributed by atoms with Gasteiger partial charge in [-0.1, -0.05) is 44.2 Å². The van der Waals surface area contributed by atoms with Crippen molar-refractivity contribution in [2.24, 2.45) is 5.92 Å². The van der Waals surface area contributed by atoms with Gasteiger partial charge in [-0.15, -0.1) is 0 Å². The molecule has 15 heteroatoms. The van der Waals surface area contributed by atoms with E-state index in [1.165, 1.54) is 25.3 Å². The average molecular weight is 652 g/mol. The van der Waals surface area contributed by atoms with Gasteiger partial charge in [-0.05, 0) is 43.4 Å². The van der Waals surface area contributed by atoms with Crippen molar-refractivity contribution in [3.63, 3.8) is 0 Å². The zero-order valence-corrected chi connectivity index (χ0v) is 26.4. The molecule has 6 amide bonds. The minimum absolute atomic E-state index is 0.0417. The zero-order chi connectivity index (χ0) is 34.2. The first-order chi connectivity index (χ1) is 22.4. The maximum absolute atomic E-state index is 13.8. The van der Waals surface area contributed by atoms with Gasteiger partial charge in [0.2, 0.25) is 29.5 Å². The number of benzene rings is 1. The van der Waals surface area contributed by atoms with Gasteiger partial charge >= 0.3 is 0 Å². The molecule has 0 saturated carbocycles. The average Bonchev–Trinajstić information content (AvgIpc) is 3.46. The molecule has 2 aromatic rings. The maximum Gasteiger partial charge on any atom is 0.274 e. The molecule has 0 radical (unpaired) electrons. The minimum Gasteiger partial charge on any atom is -0.505 e. The summed E-state index contributed by atoms with van der Waals surface area (Å²) in [4.78, 5) is 85.4. The maximum atomic E-state index is 13.8. The number of nitrogens with one attached hydrogen (secondary N) is 5. The summed E-state index contributed by atoms with van der Waals surface area (Å²) < 4.78 is 0. The number of aliphatic hydroxyl groups is 1. The molecule has 2 fully saturated rings. The summed E-state index contributed by atoms with van der Waals surface area (Å²) in [5.74, 6) is -4.49. The molecule has 3 heterocycles. The van der Waals surface area contributed by atoms with Gasteiger partial charge in [-0.2, -0.15) is 0 Å². The predicted octanol–water partition coefficient (Wildman–Crippen LogP) is -0.740. The largest absolute Gasteiger partial charge is 0.505 e. The van der Waals surface area contributed by atoms with E-state index in [0.717, 1.165) is 4.90 Å². The predicted molar refractivity (Wildman–Crippen MR) is 167 cm³/mol. The van der Waals surface area contributed by atoms with Crippen LogP contribution in [0.1, 0.15) is 62.1 Å². The fraction of sp³-hybridized carbons (Fsp3) is 0.469. The number of rotatable bonds is 6. The summed E-state index contributed by atoms with van der Waals surface area (Å²) in [6, 6.07) is 5.08. The van der Waals surface area contributed by atoms with Crippen LogP contribution in [0.4, 0.5) is 0 Å². The number of pyridine rings is 1. The third-order valence-corrected chi connectivity index (χ3v) is 8.04. The zero-order valence-electron chi connectivity index (χ0n) is 26.4. The molecule has 2 saturated heterocycles. The SMILES string of the molecule is CC(C)C[C@@H]1NC(=O)C[C@@H](c2ccccc2)NC(=O)[C@H](C)NC(=O)[C@@H]2C[C@H](NC(=O)c3ncccc3O)CN2C(=O)[C@H](CO)NC1=O. The van der Waals surface area contributed by atoms with Crippen molar-refractivity contribution in [3.05, 3.63) is 59.9 Å². The molecular weight excluding hydrogens is 610 g/mol. The van der Waals surface area contributed by atoms with E-state index in [1.807, 2.05) is 13.8 Å². The van der Waals surface area contributed by atoms with Crippen LogP contribution in [0.15, 0.2) is 48.7 Å². The Bertz CT molecular complexity index is 1490. The first-order valence-corrected chi connectivity index (χ1v) is 15.5. The molecule has 2 aliphatic rings. The Kier molecular flexibility index (Phi) is 11.5. The van der Waals surface area contributed by atoms with Gasteiger partial charge in [0.15, 0.2) is 5.69 Å². The quantitative estimate of drug-likeness (QED) is 0.209. The number of amides is 6. The van der Waals surface area contributed by atoms with Crippen molar-refractivity contribution in [2.45, 2.75) is 76.3 Å². The van der Waals surface area contributed by atoms with Crippen LogP contribution in [0, 0.1) is 5.92 Å². The fourth-order valence-electron chi connectivity index (χ4n) is 5.67. The number of hydrogen-bond acceptors (Lipinski definition) is 9. The van der Waals surface area contributed by atoms with Gasteiger partial charge in [0.05, 0.1) is 19.1 Å². The third kappa shape index (κ3) is 8.82. The number of carbonyl (C=O) groups is 6. The Morgan fingerprint density at radius 1 is 0.957 bits per heavy atom. The Hall–Kier alpha value is -5.05. The van der Waals surface area contributed by atoms with E-state index in [9.17, 15) is 39.0 Å². The van der Waals surface area contributed by atoms with Gasteiger partial charge < -0.3 is 41.7 Å². The lowest BCUT2D eigenvalue weighted by atomic mass is 10.00. The number of nitrogens with zero attached hydrogens (tertiary/aromatic N) is 2. The van der Waals surface area contributed by atoms with E-state index < -0.39 is 78.3 Å². The molecule has 0 unspecified atom stereocenters. The first kappa shape index (κ1) is 34.8. The Labute approximate surface area is 271 Å². The van der Waals surface area contributed by atoms with E-state index in [0.29, 0.717) is 5.56 Å². The van der Waals surface area contributed by atoms with Crippen molar-refractivity contribution in [1.82, 2.24) is 36.5 Å². The molecule has 15 nitrogen and oxygen atoms in total. The number of carbonyl (C=O) groups excluding carboxylic acids is 6. The van der Waals surface area contributed by atoms with Crippen molar-refractivity contribution >= 4 is 35.4 Å². The second kappa shape index (κ2) is 15.5. The molecular formula is C32H41N7O8. The molecule has 7 N–H and O–H groups in total. The highest BCUT2D eigenvalue weighted by Crippen LogP contribution is 2.22. The van der Waals surface area contributed by atoms with E-state index in [2.05, 4.69) is 31.6 Å². The lowest BCUT2D eigenvalue weighted by molar-refractivity contribution is -0.143. The van der Waals surface area contributed by atoms with E-state index in [-0.39, 0.29) is 43.2 Å². The summed E-state index contributed by atoms with van der Waals surface area (Å²) in [6.07, 6.45) is 1.25. The van der Waals surface area contributed by atoms with Gasteiger partial charge in [0, 0.05) is 18.8 Å². The smallest absolute Gasteiger partial charge is 0.274 e. The number of aromatic nitrogens is 1. The molecule has 0 bridgehead atoms. The van der Waals surface area contributed by atoms with Gasteiger partial charge in [0.25, 0.3) is 5.91 Å². The molecule has 47 heavy (non-hydrogen) atoms. The molecule has 2 aliphatic heterocycles. The van der Waals surface area contributed by atoms with Crippen molar-refractivity contribution in [1.29, 1.82) is 0 Å². The van der Waals surface area contributed by atoms with Crippen LogP contribution in [0.3, 0.4) is 0 Å². The lowest BCUT2D eigenvalue weighted by Gasteiger charge is -2.30. The second-order valence-electron chi connectivity index (χ2n) is 12.2. The van der Waals surface area contributed by atoms with Crippen LogP contribution in [-0.4, -0.2) is 98.9 Å². The van der Waals surface area contributed by atoms with Crippen LogP contribution < -0.4 is 26.6 Å². The normalized spacial score (nSPS) is 26.1. The molecule has 0 spiro atoms. The lowest BCUT2D eigenvalue weighted by Crippen LogP contribution is -2.59. The fourth-order valence-corrected chi connectivity index (χ4v) is 5.67. The Balaban J connectivity index is 1.66.